The van der Waals surface area contributed by atoms with Crippen molar-refractivity contribution in [3.8, 4) is 6.07 Å². The van der Waals surface area contributed by atoms with Crippen LogP contribution < -0.4 is 5.32 Å². The van der Waals surface area contributed by atoms with Crippen LogP contribution in [-0.2, 0) is 0 Å². The smallest absolute Gasteiger partial charge is 0.0992 e. The zero-order valence-corrected chi connectivity index (χ0v) is 13.7. The van der Waals surface area contributed by atoms with Gasteiger partial charge in [0.15, 0.2) is 0 Å². The van der Waals surface area contributed by atoms with E-state index in [2.05, 4.69) is 27.3 Å². The predicted octanol–water partition coefficient (Wildman–Crippen LogP) is 5.80. The molecule has 0 aromatic heterocycles. The average Bonchev–Trinajstić information content (AvgIpc) is 2.37. The van der Waals surface area contributed by atoms with Crippen molar-refractivity contribution >= 4 is 44.8 Å². The van der Waals surface area contributed by atoms with Crippen molar-refractivity contribution in [2.45, 2.75) is 13.0 Å². The van der Waals surface area contributed by atoms with Gasteiger partial charge >= 0.3 is 0 Å². The third kappa shape index (κ3) is 3.67. The molecular formula is C15H11BrCl2N2. The van der Waals surface area contributed by atoms with E-state index < -0.39 is 0 Å². The molecule has 0 aliphatic heterocycles. The van der Waals surface area contributed by atoms with Crippen molar-refractivity contribution in [1.29, 1.82) is 5.26 Å². The largest absolute Gasteiger partial charge is 0.378 e. The maximum atomic E-state index is 8.98. The molecule has 2 aromatic rings. The van der Waals surface area contributed by atoms with E-state index in [-0.39, 0.29) is 6.04 Å². The first-order valence-corrected chi connectivity index (χ1v) is 7.46. The Morgan fingerprint density at radius 1 is 1.20 bits per heavy atom. The molecule has 0 spiro atoms. The molecule has 0 radical (unpaired) electrons. The molecule has 2 aromatic carbocycles. The molecule has 0 fully saturated rings. The quantitative estimate of drug-likeness (QED) is 0.741. The summed E-state index contributed by atoms with van der Waals surface area (Å²) in [7, 11) is 0. The molecule has 20 heavy (non-hydrogen) atoms. The van der Waals surface area contributed by atoms with Crippen LogP contribution in [0.5, 0.6) is 0 Å². The zero-order valence-electron chi connectivity index (χ0n) is 10.6. The Morgan fingerprint density at radius 2 is 1.95 bits per heavy atom. The van der Waals surface area contributed by atoms with Gasteiger partial charge in [-0.3, -0.25) is 0 Å². The summed E-state index contributed by atoms with van der Waals surface area (Å²) in [5.74, 6) is 0. The second-order valence-electron chi connectivity index (χ2n) is 4.37. The summed E-state index contributed by atoms with van der Waals surface area (Å²) >= 11 is 15.5. The number of hydrogen-bond acceptors (Lipinski definition) is 2. The summed E-state index contributed by atoms with van der Waals surface area (Å²) in [4.78, 5) is 0. The van der Waals surface area contributed by atoms with Crippen LogP contribution in [0.15, 0.2) is 40.9 Å². The molecule has 2 rings (SSSR count). The van der Waals surface area contributed by atoms with Gasteiger partial charge in [-0.15, -0.1) is 0 Å². The van der Waals surface area contributed by atoms with Gasteiger partial charge in [0, 0.05) is 26.2 Å². The first kappa shape index (κ1) is 15.2. The van der Waals surface area contributed by atoms with Gasteiger partial charge in [-0.1, -0.05) is 45.2 Å². The summed E-state index contributed by atoms with van der Waals surface area (Å²) in [6, 6.07) is 13.0. The zero-order chi connectivity index (χ0) is 14.7. The lowest BCUT2D eigenvalue weighted by atomic mass is 10.1. The van der Waals surface area contributed by atoms with Gasteiger partial charge in [-0.2, -0.15) is 5.26 Å². The third-order valence-electron chi connectivity index (χ3n) is 2.84. The molecule has 1 N–H and O–H groups in total. The van der Waals surface area contributed by atoms with Crippen molar-refractivity contribution in [1.82, 2.24) is 0 Å². The first-order valence-electron chi connectivity index (χ1n) is 5.92. The van der Waals surface area contributed by atoms with Gasteiger partial charge in [0.05, 0.1) is 11.6 Å². The van der Waals surface area contributed by atoms with Gasteiger partial charge in [-0.25, -0.2) is 0 Å². The summed E-state index contributed by atoms with van der Waals surface area (Å²) in [6.07, 6.45) is 0. The average molecular weight is 370 g/mol. The van der Waals surface area contributed by atoms with Gasteiger partial charge < -0.3 is 5.32 Å². The van der Waals surface area contributed by atoms with Gasteiger partial charge in [-0.05, 0) is 42.8 Å². The highest BCUT2D eigenvalue weighted by Crippen LogP contribution is 2.29. The summed E-state index contributed by atoms with van der Waals surface area (Å²) < 4.78 is 0.855. The molecule has 0 saturated carbocycles. The summed E-state index contributed by atoms with van der Waals surface area (Å²) in [6.45, 7) is 2.00. The van der Waals surface area contributed by atoms with E-state index in [9.17, 15) is 0 Å². The Hall–Kier alpha value is -1.21. The van der Waals surface area contributed by atoms with E-state index in [1.807, 2.05) is 25.1 Å². The van der Waals surface area contributed by atoms with Crippen LogP contribution in [0.1, 0.15) is 24.1 Å². The van der Waals surface area contributed by atoms with Crippen LogP contribution in [0, 0.1) is 11.3 Å². The molecule has 0 bridgehead atoms. The van der Waals surface area contributed by atoms with Crippen LogP contribution >= 0.6 is 39.1 Å². The number of hydrogen-bond donors (Lipinski definition) is 1. The van der Waals surface area contributed by atoms with E-state index in [1.54, 1.807) is 18.2 Å². The molecule has 0 amide bonds. The predicted molar refractivity (Wildman–Crippen MR) is 87.4 cm³/mol. The molecule has 102 valence electrons. The Labute approximate surface area is 136 Å². The van der Waals surface area contributed by atoms with Crippen LogP contribution in [0.3, 0.4) is 0 Å². The van der Waals surface area contributed by atoms with E-state index in [0.717, 1.165) is 15.7 Å². The minimum Gasteiger partial charge on any atom is -0.378 e. The van der Waals surface area contributed by atoms with Crippen molar-refractivity contribution in [2.24, 2.45) is 0 Å². The first-order chi connectivity index (χ1) is 9.49. The highest BCUT2D eigenvalue weighted by atomic mass is 79.9. The number of halogens is 3. The van der Waals surface area contributed by atoms with Crippen LogP contribution in [-0.4, -0.2) is 0 Å². The standard InChI is InChI=1S/C15H11BrCl2N2/c1-9(14-3-2-12(17)7-15(14)18)20-13-5-10(8-19)4-11(16)6-13/h2-7,9,20H,1H3. The fourth-order valence-electron chi connectivity index (χ4n) is 1.92. The molecule has 1 unspecified atom stereocenters. The SMILES string of the molecule is CC(Nc1cc(Br)cc(C#N)c1)c1ccc(Cl)cc1Cl. The fraction of sp³-hybridized carbons (Fsp3) is 0.133. The second-order valence-corrected chi connectivity index (χ2v) is 6.13. The summed E-state index contributed by atoms with van der Waals surface area (Å²) in [5.41, 5.74) is 2.40. The Balaban J connectivity index is 2.25. The van der Waals surface area contributed by atoms with E-state index in [4.69, 9.17) is 28.5 Å². The fourth-order valence-corrected chi connectivity index (χ4v) is 2.98. The number of anilines is 1. The molecule has 1 atom stereocenters. The van der Waals surface area contributed by atoms with Crippen molar-refractivity contribution < 1.29 is 0 Å². The number of nitriles is 1. The molecule has 0 aliphatic rings. The van der Waals surface area contributed by atoms with Crippen LogP contribution in [0.4, 0.5) is 5.69 Å². The lowest BCUT2D eigenvalue weighted by Gasteiger charge is -2.17. The molecule has 5 heteroatoms. The molecule has 0 saturated heterocycles. The lowest BCUT2D eigenvalue weighted by molar-refractivity contribution is 0.885. The van der Waals surface area contributed by atoms with E-state index in [0.29, 0.717) is 15.6 Å². The maximum absolute atomic E-state index is 8.98. The van der Waals surface area contributed by atoms with Crippen LogP contribution in [0.25, 0.3) is 0 Å². The third-order valence-corrected chi connectivity index (χ3v) is 3.86. The monoisotopic (exact) mass is 368 g/mol. The maximum Gasteiger partial charge on any atom is 0.0992 e. The minimum absolute atomic E-state index is 0.000564. The topological polar surface area (TPSA) is 35.8 Å². The summed E-state index contributed by atoms with van der Waals surface area (Å²) in [5, 5.41) is 13.5. The minimum atomic E-state index is 0.000564. The van der Waals surface area contributed by atoms with Crippen molar-refractivity contribution in [3.05, 3.63) is 62.0 Å². The molecule has 2 nitrogen and oxygen atoms in total. The Bertz CT molecular complexity index is 680. The van der Waals surface area contributed by atoms with Gasteiger partial charge in [0.25, 0.3) is 0 Å². The van der Waals surface area contributed by atoms with Gasteiger partial charge in [0.1, 0.15) is 0 Å². The molecule has 0 aliphatic carbocycles. The number of rotatable bonds is 3. The van der Waals surface area contributed by atoms with E-state index in [1.165, 1.54) is 0 Å². The second kappa shape index (κ2) is 6.49. The number of nitrogens with one attached hydrogen (secondary N) is 1. The van der Waals surface area contributed by atoms with Crippen molar-refractivity contribution in [2.75, 3.05) is 5.32 Å². The number of nitrogens with zero attached hydrogens (tertiary/aromatic N) is 1. The normalized spacial score (nSPS) is 11.8. The molecular weight excluding hydrogens is 359 g/mol. The number of benzene rings is 2. The Morgan fingerprint density at radius 3 is 2.60 bits per heavy atom. The lowest BCUT2D eigenvalue weighted by Crippen LogP contribution is -2.07. The molecule has 0 heterocycles. The van der Waals surface area contributed by atoms with Crippen LogP contribution in [0.2, 0.25) is 10.0 Å². The van der Waals surface area contributed by atoms with Crippen molar-refractivity contribution in [3.63, 3.8) is 0 Å². The Kier molecular flexibility index (Phi) is 4.93. The highest BCUT2D eigenvalue weighted by molar-refractivity contribution is 9.10. The highest BCUT2D eigenvalue weighted by Gasteiger charge is 2.10. The van der Waals surface area contributed by atoms with E-state index >= 15 is 0 Å². The van der Waals surface area contributed by atoms with Gasteiger partial charge in [0.2, 0.25) is 0 Å².